The van der Waals surface area contributed by atoms with Gasteiger partial charge in [0.05, 0.1) is 10.9 Å². The number of aldehydes is 1. The van der Waals surface area contributed by atoms with Gasteiger partial charge in [0.1, 0.15) is 6.29 Å². The number of anilines is 1. The van der Waals surface area contributed by atoms with Gasteiger partial charge in [-0.2, -0.15) is 0 Å². The van der Waals surface area contributed by atoms with Crippen LogP contribution in [0, 0.1) is 0 Å². The molecule has 1 aromatic carbocycles. The molecule has 0 radical (unpaired) electrons. The summed E-state index contributed by atoms with van der Waals surface area (Å²) >= 11 is 1.60. The maximum absolute atomic E-state index is 11.6. The summed E-state index contributed by atoms with van der Waals surface area (Å²) in [7, 11) is 0. The van der Waals surface area contributed by atoms with Crippen LogP contribution in [0.2, 0.25) is 0 Å². The minimum absolute atomic E-state index is 0.0176. The summed E-state index contributed by atoms with van der Waals surface area (Å²) in [5, 5.41) is 2.92. The summed E-state index contributed by atoms with van der Waals surface area (Å²) < 4.78 is 0. The molecule has 1 aliphatic rings. The fraction of sp³-hybridized carbons (Fsp3) is 0.429. The molecular weight excluding hydrogens is 246 g/mol. The lowest BCUT2D eigenvalue weighted by molar-refractivity contribution is -0.115. The maximum Gasteiger partial charge on any atom is 0.237 e. The Kier molecular flexibility index (Phi) is 4.42. The quantitative estimate of drug-likeness (QED) is 0.656. The van der Waals surface area contributed by atoms with Crippen LogP contribution in [-0.4, -0.2) is 17.4 Å². The number of thioether (sulfide) groups is 1. The van der Waals surface area contributed by atoms with Crippen LogP contribution in [0.25, 0.3) is 0 Å². The number of rotatable bonds is 5. The molecule has 1 N–H and O–H groups in total. The van der Waals surface area contributed by atoms with Gasteiger partial charge < -0.3 is 10.1 Å². The maximum atomic E-state index is 11.6. The van der Waals surface area contributed by atoms with E-state index in [4.69, 9.17) is 0 Å². The van der Waals surface area contributed by atoms with Crippen LogP contribution in [0.5, 0.6) is 0 Å². The highest BCUT2D eigenvalue weighted by Crippen LogP contribution is 2.36. The van der Waals surface area contributed by atoms with Crippen LogP contribution in [0.3, 0.4) is 0 Å². The van der Waals surface area contributed by atoms with Crippen LogP contribution >= 0.6 is 11.8 Å². The first-order chi connectivity index (χ1) is 8.70. The predicted octanol–water partition coefficient (Wildman–Crippen LogP) is 3.03. The van der Waals surface area contributed by atoms with Gasteiger partial charge in [0.2, 0.25) is 5.91 Å². The monoisotopic (exact) mass is 263 g/mol. The van der Waals surface area contributed by atoms with Crippen molar-refractivity contribution in [1.82, 2.24) is 0 Å². The molecule has 0 aromatic heterocycles. The molecule has 0 aliphatic carbocycles. The highest BCUT2D eigenvalue weighted by atomic mass is 32.2. The second kappa shape index (κ2) is 6.05. The third-order valence-electron chi connectivity index (χ3n) is 3.01. The third kappa shape index (κ3) is 3.13. The van der Waals surface area contributed by atoms with Crippen molar-refractivity contribution >= 4 is 29.6 Å². The fourth-order valence-corrected chi connectivity index (χ4v) is 2.90. The van der Waals surface area contributed by atoms with E-state index in [9.17, 15) is 9.59 Å². The van der Waals surface area contributed by atoms with Crippen molar-refractivity contribution < 1.29 is 9.59 Å². The van der Waals surface area contributed by atoms with Crippen molar-refractivity contribution in [3.63, 3.8) is 0 Å². The Bertz CT molecular complexity index is 459. The molecule has 18 heavy (non-hydrogen) atoms. The van der Waals surface area contributed by atoms with Crippen molar-refractivity contribution in [3.8, 4) is 0 Å². The molecule has 1 unspecified atom stereocenters. The molecule has 1 aromatic rings. The minimum atomic E-state index is -0.0176. The molecule has 0 bridgehead atoms. The van der Waals surface area contributed by atoms with E-state index in [0.29, 0.717) is 6.42 Å². The molecule has 2 rings (SSSR count). The van der Waals surface area contributed by atoms with Gasteiger partial charge in [0.15, 0.2) is 0 Å². The number of nitrogens with one attached hydrogen (secondary N) is 1. The summed E-state index contributed by atoms with van der Waals surface area (Å²) in [6, 6.07) is 6.23. The van der Waals surface area contributed by atoms with Gasteiger partial charge in [0.25, 0.3) is 0 Å². The first-order valence-electron chi connectivity index (χ1n) is 6.25. The van der Waals surface area contributed by atoms with Crippen molar-refractivity contribution in [3.05, 3.63) is 23.8 Å². The van der Waals surface area contributed by atoms with E-state index in [0.717, 1.165) is 36.1 Å². The first-order valence-corrected chi connectivity index (χ1v) is 7.13. The second-order valence-electron chi connectivity index (χ2n) is 4.49. The lowest BCUT2D eigenvalue weighted by Gasteiger charge is -2.21. The van der Waals surface area contributed by atoms with Crippen molar-refractivity contribution in [1.29, 1.82) is 0 Å². The SMILES string of the molecule is CC1Sc2ccc(CCCCC=O)cc2NC1=O. The third-order valence-corrected chi connectivity index (χ3v) is 4.19. The Hall–Kier alpha value is -1.29. The van der Waals surface area contributed by atoms with Crippen molar-refractivity contribution in [2.75, 3.05) is 5.32 Å². The predicted molar refractivity (Wildman–Crippen MR) is 74.0 cm³/mol. The molecular formula is C14H17NO2S. The summed E-state index contributed by atoms with van der Waals surface area (Å²) in [6.45, 7) is 1.91. The van der Waals surface area contributed by atoms with E-state index in [1.165, 1.54) is 5.56 Å². The number of fused-ring (bicyclic) bond motifs is 1. The Balaban J connectivity index is 2.01. The van der Waals surface area contributed by atoms with E-state index in [1.54, 1.807) is 11.8 Å². The van der Waals surface area contributed by atoms with Gasteiger partial charge >= 0.3 is 0 Å². The molecule has 3 nitrogen and oxygen atoms in total. The van der Waals surface area contributed by atoms with Crippen LogP contribution in [0.4, 0.5) is 5.69 Å². The van der Waals surface area contributed by atoms with Crippen LogP contribution in [-0.2, 0) is 16.0 Å². The average molecular weight is 263 g/mol. The van der Waals surface area contributed by atoms with Gasteiger partial charge in [-0.3, -0.25) is 4.79 Å². The Morgan fingerprint density at radius 3 is 3.00 bits per heavy atom. The number of benzene rings is 1. The van der Waals surface area contributed by atoms with Crippen molar-refractivity contribution in [2.24, 2.45) is 0 Å². The molecule has 0 fully saturated rings. The number of amides is 1. The van der Waals surface area contributed by atoms with Gasteiger partial charge in [-0.1, -0.05) is 6.07 Å². The lowest BCUT2D eigenvalue weighted by Crippen LogP contribution is -2.26. The van der Waals surface area contributed by atoms with Crippen LogP contribution in [0.15, 0.2) is 23.1 Å². The molecule has 4 heteroatoms. The lowest BCUT2D eigenvalue weighted by atomic mass is 10.1. The zero-order valence-corrected chi connectivity index (χ0v) is 11.3. The van der Waals surface area contributed by atoms with Crippen molar-refractivity contribution in [2.45, 2.75) is 42.8 Å². The first kappa shape index (κ1) is 13.1. The topological polar surface area (TPSA) is 46.2 Å². The normalized spacial score (nSPS) is 18.1. The number of aryl methyl sites for hydroxylation is 1. The Morgan fingerprint density at radius 2 is 2.22 bits per heavy atom. The summed E-state index contributed by atoms with van der Waals surface area (Å²) in [6.07, 6.45) is 4.49. The van der Waals surface area contributed by atoms with E-state index in [1.807, 2.05) is 13.0 Å². The molecule has 1 amide bonds. The summed E-state index contributed by atoms with van der Waals surface area (Å²) in [5.74, 6) is 0.0746. The van der Waals surface area contributed by atoms with Gasteiger partial charge in [-0.25, -0.2) is 0 Å². The zero-order valence-electron chi connectivity index (χ0n) is 10.4. The molecule has 1 heterocycles. The number of hydrogen-bond acceptors (Lipinski definition) is 3. The second-order valence-corrected chi connectivity index (χ2v) is 5.87. The summed E-state index contributed by atoms with van der Waals surface area (Å²) in [5.41, 5.74) is 2.14. The number of carbonyl (C=O) groups excluding carboxylic acids is 2. The van der Waals surface area contributed by atoms with Crippen LogP contribution in [0.1, 0.15) is 31.7 Å². The molecule has 0 saturated carbocycles. The molecule has 0 spiro atoms. The highest BCUT2D eigenvalue weighted by Gasteiger charge is 2.22. The van der Waals surface area contributed by atoms with Gasteiger partial charge in [-0.15, -0.1) is 11.8 Å². The van der Waals surface area contributed by atoms with Gasteiger partial charge in [0, 0.05) is 11.3 Å². The highest BCUT2D eigenvalue weighted by molar-refractivity contribution is 8.00. The molecule has 1 atom stereocenters. The van der Waals surface area contributed by atoms with Gasteiger partial charge in [-0.05, 0) is 43.9 Å². The molecule has 96 valence electrons. The van der Waals surface area contributed by atoms with E-state index >= 15 is 0 Å². The Labute approximate surface area is 111 Å². The fourth-order valence-electron chi connectivity index (χ4n) is 1.97. The van der Waals surface area contributed by atoms with Crippen LogP contribution < -0.4 is 5.32 Å². The minimum Gasteiger partial charge on any atom is -0.324 e. The van der Waals surface area contributed by atoms with E-state index in [-0.39, 0.29) is 11.2 Å². The largest absolute Gasteiger partial charge is 0.324 e. The van der Waals surface area contributed by atoms with E-state index in [2.05, 4.69) is 17.4 Å². The zero-order chi connectivity index (χ0) is 13.0. The number of hydrogen-bond donors (Lipinski definition) is 1. The number of carbonyl (C=O) groups is 2. The smallest absolute Gasteiger partial charge is 0.237 e. The molecule has 1 aliphatic heterocycles. The number of unbranched alkanes of at least 4 members (excludes halogenated alkanes) is 2. The average Bonchev–Trinajstić information content (AvgIpc) is 2.36. The Morgan fingerprint density at radius 1 is 1.39 bits per heavy atom. The summed E-state index contributed by atoms with van der Waals surface area (Å²) in [4.78, 5) is 23.0. The van der Waals surface area contributed by atoms with E-state index < -0.39 is 0 Å². The standard InChI is InChI=1S/C14H17NO2S/c1-10-14(17)15-12-9-11(5-3-2-4-8-16)6-7-13(12)18-10/h6-10H,2-5H2,1H3,(H,15,17). The molecule has 0 saturated heterocycles.